The van der Waals surface area contributed by atoms with Gasteiger partial charge in [-0.1, -0.05) is 34.8 Å². The lowest BCUT2D eigenvalue weighted by Crippen LogP contribution is -2.51. The number of anilines is 1. The van der Waals surface area contributed by atoms with E-state index in [1.54, 1.807) is 6.92 Å². The van der Waals surface area contributed by atoms with Crippen molar-refractivity contribution in [2.75, 3.05) is 11.9 Å². The van der Waals surface area contributed by atoms with Gasteiger partial charge in [-0.15, -0.1) is 10.2 Å². The molecule has 0 aliphatic heterocycles. The van der Waals surface area contributed by atoms with E-state index in [0.717, 1.165) is 10.7 Å². The van der Waals surface area contributed by atoms with Crippen LogP contribution in [0.4, 0.5) is 36.4 Å². The van der Waals surface area contributed by atoms with Gasteiger partial charge in [0, 0.05) is 17.8 Å². The van der Waals surface area contributed by atoms with E-state index >= 15 is 0 Å². The Morgan fingerprint density at radius 1 is 0.932 bits per heavy atom. The molecule has 0 fully saturated rings. The second-order valence-electron chi connectivity index (χ2n) is 8.66. The summed E-state index contributed by atoms with van der Waals surface area (Å²) < 4.78 is 93.9. The quantitative estimate of drug-likeness (QED) is 0.232. The number of halogens is 10. The van der Waals surface area contributed by atoms with E-state index in [4.69, 9.17) is 34.8 Å². The number of benzene rings is 1. The fourth-order valence-corrected chi connectivity index (χ4v) is 4.43. The van der Waals surface area contributed by atoms with Gasteiger partial charge >= 0.3 is 18.0 Å². The third-order valence-electron chi connectivity index (χ3n) is 5.65. The minimum Gasteiger partial charge on any atom is -0.352 e. The van der Waals surface area contributed by atoms with Gasteiger partial charge < -0.3 is 10.6 Å². The van der Waals surface area contributed by atoms with Crippen LogP contribution in [0.15, 0.2) is 36.5 Å². The molecule has 4 rings (SSSR count). The highest BCUT2D eigenvalue weighted by Crippen LogP contribution is 2.51. The smallest absolute Gasteiger partial charge is 0.352 e. The third-order valence-corrected chi connectivity index (χ3v) is 6.46. The standard InChI is InChI=1S/C23H15Cl3F7N9O2/c1-2-34-18(43)12-6-10(24)7-14(26)16(12)36-19(44)15-8-11(38-42(15)17-13(25)4-3-5-35-17)9-41-39-20(37-40-41)21(27,22(28,29)30)23(31,32)33/h3-8H,2,9H2,1H3,(H,34,43)(H,36,44). The molecule has 1 aromatic carbocycles. The van der Waals surface area contributed by atoms with Crippen LogP contribution in [0.2, 0.25) is 15.1 Å². The monoisotopic (exact) mass is 687 g/mol. The van der Waals surface area contributed by atoms with Crippen molar-refractivity contribution in [2.45, 2.75) is 31.5 Å². The van der Waals surface area contributed by atoms with E-state index in [9.17, 15) is 40.3 Å². The molecule has 44 heavy (non-hydrogen) atoms. The van der Waals surface area contributed by atoms with Gasteiger partial charge in [0.25, 0.3) is 11.8 Å². The Morgan fingerprint density at radius 3 is 2.23 bits per heavy atom. The van der Waals surface area contributed by atoms with Crippen molar-refractivity contribution < 1.29 is 40.3 Å². The number of aromatic nitrogens is 7. The molecule has 0 bridgehead atoms. The number of nitrogens with zero attached hydrogens (tertiary/aromatic N) is 7. The number of amides is 2. The molecule has 234 valence electrons. The molecular formula is C23H15Cl3F7N9O2. The van der Waals surface area contributed by atoms with E-state index in [1.165, 1.54) is 30.5 Å². The van der Waals surface area contributed by atoms with E-state index in [-0.39, 0.29) is 54.9 Å². The molecule has 0 aliphatic carbocycles. The van der Waals surface area contributed by atoms with Gasteiger partial charge in [-0.2, -0.15) is 36.2 Å². The Morgan fingerprint density at radius 2 is 1.61 bits per heavy atom. The van der Waals surface area contributed by atoms with Gasteiger partial charge in [0.15, 0.2) is 5.82 Å². The van der Waals surface area contributed by atoms with Gasteiger partial charge in [0.05, 0.1) is 27.0 Å². The van der Waals surface area contributed by atoms with Crippen LogP contribution >= 0.6 is 34.8 Å². The Labute approximate surface area is 256 Å². The molecule has 0 spiro atoms. The summed E-state index contributed by atoms with van der Waals surface area (Å²) in [4.78, 5) is 30.4. The molecule has 0 saturated heterocycles. The lowest BCUT2D eigenvalue weighted by molar-refractivity contribution is -0.351. The van der Waals surface area contributed by atoms with Gasteiger partial charge in [-0.3, -0.25) is 9.59 Å². The second-order valence-corrected chi connectivity index (χ2v) is 9.91. The maximum absolute atomic E-state index is 14.4. The van der Waals surface area contributed by atoms with Gasteiger partial charge in [-0.05, 0) is 42.5 Å². The zero-order valence-corrected chi connectivity index (χ0v) is 23.9. The fraction of sp³-hybridized carbons (Fsp3) is 0.261. The summed E-state index contributed by atoms with van der Waals surface area (Å²) in [5.41, 5.74) is -6.77. The summed E-state index contributed by atoms with van der Waals surface area (Å²) >= 11 is 18.5. The number of carbonyl (C=O) groups excluding carboxylic acids is 2. The first-order valence-electron chi connectivity index (χ1n) is 11.9. The fourth-order valence-electron chi connectivity index (χ4n) is 3.68. The molecule has 0 atom stereocenters. The van der Waals surface area contributed by atoms with Gasteiger partial charge in [0.2, 0.25) is 5.82 Å². The Kier molecular flexibility index (Phi) is 9.09. The van der Waals surface area contributed by atoms with Crippen LogP contribution in [0, 0.1) is 0 Å². The molecular weight excluding hydrogens is 674 g/mol. The van der Waals surface area contributed by atoms with Gasteiger partial charge in [-0.25, -0.2) is 14.1 Å². The molecule has 3 heterocycles. The molecule has 4 aromatic rings. The van der Waals surface area contributed by atoms with Crippen molar-refractivity contribution in [2.24, 2.45) is 0 Å². The summed E-state index contributed by atoms with van der Waals surface area (Å²) in [6.07, 6.45) is -11.6. The maximum Gasteiger partial charge on any atom is 0.439 e. The third kappa shape index (κ3) is 6.27. The SMILES string of the molecule is CCNC(=O)c1cc(Cl)cc(Cl)c1NC(=O)c1cc(Cn2nnc(C(F)(C(F)(F)F)C(F)(F)F)n2)nn1-c1ncccc1Cl. The molecule has 0 radical (unpaired) electrons. The predicted molar refractivity (Wildman–Crippen MR) is 141 cm³/mol. The summed E-state index contributed by atoms with van der Waals surface area (Å²) in [6.45, 7) is 1.08. The van der Waals surface area contributed by atoms with Crippen molar-refractivity contribution >= 4 is 52.3 Å². The average molecular weight is 689 g/mol. The van der Waals surface area contributed by atoms with Crippen LogP contribution < -0.4 is 10.6 Å². The molecule has 0 unspecified atom stereocenters. The first-order valence-corrected chi connectivity index (χ1v) is 13.0. The zero-order valence-electron chi connectivity index (χ0n) is 21.6. The van der Waals surface area contributed by atoms with E-state index in [1.807, 2.05) is 0 Å². The van der Waals surface area contributed by atoms with Crippen molar-refractivity contribution in [1.82, 2.24) is 40.3 Å². The summed E-state index contributed by atoms with van der Waals surface area (Å²) in [7, 11) is 0. The van der Waals surface area contributed by atoms with Gasteiger partial charge in [0.1, 0.15) is 12.2 Å². The van der Waals surface area contributed by atoms with Crippen molar-refractivity contribution in [3.63, 3.8) is 0 Å². The number of hydrogen-bond donors (Lipinski definition) is 2. The zero-order chi connectivity index (χ0) is 32.6. The summed E-state index contributed by atoms with van der Waals surface area (Å²) in [5, 5.41) is 17.7. The summed E-state index contributed by atoms with van der Waals surface area (Å²) in [5.74, 6) is -4.04. The van der Waals surface area contributed by atoms with E-state index in [2.05, 4.69) is 36.1 Å². The van der Waals surface area contributed by atoms with Crippen molar-refractivity contribution in [3.05, 3.63) is 74.4 Å². The van der Waals surface area contributed by atoms with Crippen molar-refractivity contribution in [1.29, 1.82) is 0 Å². The number of hydrogen-bond acceptors (Lipinski definition) is 7. The predicted octanol–water partition coefficient (Wildman–Crippen LogP) is 5.55. The van der Waals surface area contributed by atoms with Crippen LogP contribution in [0.5, 0.6) is 0 Å². The Hall–Kier alpha value is -4.03. The molecule has 0 saturated carbocycles. The summed E-state index contributed by atoms with van der Waals surface area (Å²) in [6, 6.07) is 6.37. The number of carbonyl (C=O) groups is 2. The molecule has 2 N–H and O–H groups in total. The van der Waals surface area contributed by atoms with Crippen LogP contribution in [-0.4, -0.2) is 65.7 Å². The molecule has 0 aliphatic rings. The largest absolute Gasteiger partial charge is 0.439 e. The maximum atomic E-state index is 14.4. The number of rotatable bonds is 8. The molecule has 2 amide bonds. The topological polar surface area (TPSA) is 133 Å². The lowest BCUT2D eigenvalue weighted by atomic mass is 10.1. The second kappa shape index (κ2) is 12.2. The number of tetrazole rings is 1. The van der Waals surface area contributed by atoms with Crippen molar-refractivity contribution in [3.8, 4) is 5.82 Å². The van der Waals surface area contributed by atoms with Crippen LogP contribution in [0.3, 0.4) is 0 Å². The highest BCUT2D eigenvalue weighted by atomic mass is 35.5. The number of pyridine rings is 1. The Bertz CT molecular complexity index is 1710. The minimum absolute atomic E-state index is 0.0255. The van der Waals surface area contributed by atoms with Crippen LogP contribution in [0.1, 0.15) is 39.3 Å². The number of nitrogens with one attached hydrogen (secondary N) is 2. The first kappa shape index (κ1) is 32.9. The minimum atomic E-state index is -6.46. The molecule has 3 aromatic heterocycles. The van der Waals surface area contributed by atoms with E-state index in [0.29, 0.717) is 0 Å². The highest BCUT2D eigenvalue weighted by Gasteiger charge is 2.76. The highest BCUT2D eigenvalue weighted by molar-refractivity contribution is 6.38. The number of alkyl halides is 7. The molecule has 21 heteroatoms. The average Bonchev–Trinajstić information content (AvgIpc) is 3.56. The molecule has 11 nitrogen and oxygen atoms in total. The lowest BCUT2D eigenvalue weighted by Gasteiger charge is -2.26. The first-order chi connectivity index (χ1) is 20.5. The van der Waals surface area contributed by atoms with Crippen LogP contribution in [0.25, 0.3) is 5.82 Å². The van der Waals surface area contributed by atoms with E-state index < -0.39 is 42.2 Å². The Balaban J connectivity index is 1.75. The van der Waals surface area contributed by atoms with Crippen LogP contribution in [-0.2, 0) is 12.2 Å². The normalized spacial score (nSPS) is 12.3.